The molecule has 1 aliphatic rings. The van der Waals surface area contributed by atoms with E-state index in [0.717, 1.165) is 4.47 Å². The van der Waals surface area contributed by atoms with Crippen LogP contribution in [-0.4, -0.2) is 39.2 Å². The summed E-state index contributed by atoms with van der Waals surface area (Å²) >= 11 is 3.24. The van der Waals surface area contributed by atoms with Crippen LogP contribution in [0.4, 0.5) is 4.79 Å². The number of amides is 1. The summed E-state index contributed by atoms with van der Waals surface area (Å²) in [7, 11) is 0. The summed E-state index contributed by atoms with van der Waals surface area (Å²) in [5.41, 5.74) is 0. The number of nitrogens with zero attached hydrogens (tertiary/aromatic N) is 3. The first kappa shape index (κ1) is 9.39. The van der Waals surface area contributed by atoms with Gasteiger partial charge in [-0.15, -0.1) is 0 Å². The molecule has 14 heavy (non-hydrogen) atoms. The number of rotatable bonds is 1. The van der Waals surface area contributed by atoms with Gasteiger partial charge in [0.05, 0.1) is 10.4 Å². The largest absolute Gasteiger partial charge is 0.465 e. The Bertz CT molecular complexity index is 348. The molecule has 0 bridgehead atoms. The molecule has 1 N–H and O–H groups in total. The predicted octanol–water partition coefficient (Wildman–Crippen LogP) is 1.32. The van der Waals surface area contributed by atoms with E-state index in [9.17, 15) is 4.79 Å². The van der Waals surface area contributed by atoms with Gasteiger partial charge in [-0.25, -0.2) is 14.8 Å². The number of likely N-dealkylation sites (tertiary alicyclic amines) is 1. The highest BCUT2D eigenvalue weighted by molar-refractivity contribution is 9.10. The summed E-state index contributed by atoms with van der Waals surface area (Å²) in [6.45, 7) is 0.994. The topological polar surface area (TPSA) is 66.3 Å². The first-order valence-corrected chi connectivity index (χ1v) is 4.91. The second-order valence-corrected chi connectivity index (χ2v) is 4.06. The molecule has 1 amide bonds. The fraction of sp³-hybridized carbons (Fsp3) is 0.375. The van der Waals surface area contributed by atoms with Crippen LogP contribution in [-0.2, 0) is 0 Å². The van der Waals surface area contributed by atoms with Crippen molar-refractivity contribution in [3.8, 4) is 0 Å². The lowest BCUT2D eigenvalue weighted by Crippen LogP contribution is -2.48. The second kappa shape index (κ2) is 3.53. The molecule has 0 atom stereocenters. The van der Waals surface area contributed by atoms with Gasteiger partial charge in [0.25, 0.3) is 0 Å². The fourth-order valence-electron chi connectivity index (χ4n) is 1.33. The number of hydrogen-bond donors (Lipinski definition) is 1. The molecule has 6 heteroatoms. The lowest BCUT2D eigenvalue weighted by molar-refractivity contribution is 0.103. The molecule has 1 fully saturated rings. The van der Waals surface area contributed by atoms with E-state index in [1.807, 2.05) is 0 Å². The molecule has 2 heterocycles. The molecule has 0 aliphatic carbocycles. The van der Waals surface area contributed by atoms with Gasteiger partial charge in [0, 0.05) is 25.5 Å². The Labute approximate surface area is 88.9 Å². The molecule has 0 saturated carbocycles. The van der Waals surface area contributed by atoms with E-state index >= 15 is 0 Å². The summed E-state index contributed by atoms with van der Waals surface area (Å²) in [5.74, 6) is 0.866. The lowest BCUT2D eigenvalue weighted by atomic mass is 10.0. The van der Waals surface area contributed by atoms with Crippen LogP contribution in [0.25, 0.3) is 0 Å². The van der Waals surface area contributed by atoms with Crippen LogP contribution in [0, 0.1) is 0 Å². The zero-order valence-electron chi connectivity index (χ0n) is 7.22. The maximum Gasteiger partial charge on any atom is 0.407 e. The van der Waals surface area contributed by atoms with Crippen LogP contribution < -0.4 is 0 Å². The van der Waals surface area contributed by atoms with Crippen molar-refractivity contribution in [2.24, 2.45) is 0 Å². The third-order valence-corrected chi connectivity index (χ3v) is 2.57. The van der Waals surface area contributed by atoms with Crippen molar-refractivity contribution in [2.45, 2.75) is 5.92 Å². The van der Waals surface area contributed by atoms with Gasteiger partial charge in [0.2, 0.25) is 0 Å². The van der Waals surface area contributed by atoms with E-state index < -0.39 is 6.09 Å². The Morgan fingerprint density at radius 1 is 1.50 bits per heavy atom. The summed E-state index contributed by atoms with van der Waals surface area (Å²) < 4.78 is 0.829. The average Bonchev–Trinajstić information content (AvgIpc) is 2.05. The van der Waals surface area contributed by atoms with Crippen molar-refractivity contribution in [2.75, 3.05) is 13.1 Å². The van der Waals surface area contributed by atoms with E-state index in [0.29, 0.717) is 18.9 Å². The number of carboxylic acid groups (broad SMARTS) is 1. The monoisotopic (exact) mass is 257 g/mol. The molecule has 0 unspecified atom stereocenters. The Hall–Kier alpha value is -1.17. The van der Waals surface area contributed by atoms with Gasteiger partial charge in [-0.2, -0.15) is 0 Å². The molecule has 5 nitrogen and oxygen atoms in total. The van der Waals surface area contributed by atoms with Crippen molar-refractivity contribution >= 4 is 22.0 Å². The standard InChI is InChI=1S/C8H8BrN3O2/c9-6-1-10-7(11-2-6)5-3-12(4-5)8(13)14/h1-2,5H,3-4H2,(H,13,14). The quantitative estimate of drug-likeness (QED) is 0.824. The molecule has 0 aromatic carbocycles. The minimum atomic E-state index is -0.877. The molecule has 0 spiro atoms. The highest BCUT2D eigenvalue weighted by Gasteiger charge is 2.33. The van der Waals surface area contributed by atoms with Gasteiger partial charge >= 0.3 is 6.09 Å². The van der Waals surface area contributed by atoms with E-state index in [1.54, 1.807) is 12.4 Å². The van der Waals surface area contributed by atoms with Crippen LogP contribution in [0.2, 0.25) is 0 Å². The minimum Gasteiger partial charge on any atom is -0.465 e. The van der Waals surface area contributed by atoms with Gasteiger partial charge in [0.15, 0.2) is 0 Å². The third-order valence-electron chi connectivity index (χ3n) is 2.16. The Balaban J connectivity index is 2.00. The second-order valence-electron chi connectivity index (χ2n) is 3.14. The van der Waals surface area contributed by atoms with Gasteiger partial charge in [-0.05, 0) is 15.9 Å². The molecule has 1 aromatic rings. The van der Waals surface area contributed by atoms with Crippen LogP contribution in [0.3, 0.4) is 0 Å². The Kier molecular flexibility index (Phi) is 2.37. The molecule has 0 radical (unpaired) electrons. The summed E-state index contributed by atoms with van der Waals surface area (Å²) in [6, 6.07) is 0. The van der Waals surface area contributed by atoms with E-state index in [4.69, 9.17) is 5.11 Å². The molecule has 1 aromatic heterocycles. The Morgan fingerprint density at radius 3 is 2.57 bits per heavy atom. The highest BCUT2D eigenvalue weighted by Crippen LogP contribution is 2.24. The molecule has 1 saturated heterocycles. The maximum atomic E-state index is 10.5. The summed E-state index contributed by atoms with van der Waals surface area (Å²) in [6.07, 6.45) is 2.47. The van der Waals surface area contributed by atoms with Crippen LogP contribution in [0.1, 0.15) is 11.7 Å². The van der Waals surface area contributed by atoms with Crippen molar-refractivity contribution < 1.29 is 9.90 Å². The first-order chi connectivity index (χ1) is 6.66. The van der Waals surface area contributed by atoms with Gasteiger partial charge in [-0.1, -0.05) is 0 Å². The van der Waals surface area contributed by atoms with Crippen LogP contribution >= 0.6 is 15.9 Å². The zero-order valence-corrected chi connectivity index (χ0v) is 8.81. The summed E-state index contributed by atoms with van der Waals surface area (Å²) in [5, 5.41) is 8.62. The van der Waals surface area contributed by atoms with Crippen molar-refractivity contribution in [3.63, 3.8) is 0 Å². The summed E-state index contributed by atoms with van der Waals surface area (Å²) in [4.78, 5) is 20.1. The first-order valence-electron chi connectivity index (χ1n) is 4.12. The lowest BCUT2D eigenvalue weighted by Gasteiger charge is -2.35. The third kappa shape index (κ3) is 1.70. The number of halogens is 1. The molecule has 2 rings (SSSR count). The van der Waals surface area contributed by atoms with Crippen molar-refractivity contribution in [3.05, 3.63) is 22.7 Å². The van der Waals surface area contributed by atoms with Crippen molar-refractivity contribution in [1.82, 2.24) is 14.9 Å². The molecule has 74 valence electrons. The Morgan fingerprint density at radius 2 is 2.07 bits per heavy atom. The van der Waals surface area contributed by atoms with Gasteiger partial charge in [0.1, 0.15) is 5.82 Å². The number of aromatic nitrogens is 2. The molecular formula is C8H8BrN3O2. The predicted molar refractivity (Wildman–Crippen MR) is 52.1 cm³/mol. The van der Waals surface area contributed by atoms with E-state index in [1.165, 1.54) is 4.90 Å². The highest BCUT2D eigenvalue weighted by atomic mass is 79.9. The van der Waals surface area contributed by atoms with Crippen molar-refractivity contribution in [1.29, 1.82) is 0 Å². The van der Waals surface area contributed by atoms with Crippen LogP contribution in [0.5, 0.6) is 0 Å². The maximum absolute atomic E-state index is 10.5. The zero-order chi connectivity index (χ0) is 10.1. The van der Waals surface area contributed by atoms with E-state index in [-0.39, 0.29) is 5.92 Å². The van der Waals surface area contributed by atoms with Crippen LogP contribution in [0.15, 0.2) is 16.9 Å². The van der Waals surface area contributed by atoms with Gasteiger partial charge in [-0.3, -0.25) is 0 Å². The molecule has 1 aliphatic heterocycles. The average molecular weight is 258 g/mol. The van der Waals surface area contributed by atoms with Gasteiger partial charge < -0.3 is 10.0 Å². The number of carbonyl (C=O) groups is 1. The normalized spacial score (nSPS) is 16.5. The number of hydrogen-bond acceptors (Lipinski definition) is 3. The fourth-order valence-corrected chi connectivity index (χ4v) is 1.54. The smallest absolute Gasteiger partial charge is 0.407 e. The molecular weight excluding hydrogens is 250 g/mol. The SMILES string of the molecule is O=C(O)N1CC(c2ncc(Br)cn2)C1. The minimum absolute atomic E-state index is 0.152. The van der Waals surface area contributed by atoms with E-state index in [2.05, 4.69) is 25.9 Å².